The monoisotopic (exact) mass is 456 g/mol. The van der Waals surface area contributed by atoms with Crippen molar-refractivity contribution < 1.29 is 9.84 Å². The van der Waals surface area contributed by atoms with Gasteiger partial charge in [-0.25, -0.2) is 9.50 Å². The lowest BCUT2D eigenvalue weighted by Crippen LogP contribution is -2.53. The highest BCUT2D eigenvalue weighted by atomic mass is 16.5. The molecule has 0 amide bonds. The van der Waals surface area contributed by atoms with Crippen molar-refractivity contribution in [3.63, 3.8) is 0 Å². The van der Waals surface area contributed by atoms with Crippen LogP contribution < -0.4 is 15.0 Å². The SMILES string of the molecule is CC(C)(O)COc1cc(-c2ccc(N3CC[C@@]4(C=C(C5CC5)N4)C3)nc2)c2c(C#N)cnn2c1. The fourth-order valence-electron chi connectivity index (χ4n) is 4.91. The zero-order valence-electron chi connectivity index (χ0n) is 19.5. The first-order valence-corrected chi connectivity index (χ1v) is 11.8. The van der Waals surface area contributed by atoms with E-state index in [1.807, 2.05) is 24.4 Å². The number of nitrogens with one attached hydrogen (secondary N) is 1. The summed E-state index contributed by atoms with van der Waals surface area (Å²) in [5, 5.41) is 27.7. The summed E-state index contributed by atoms with van der Waals surface area (Å²) in [6.45, 7) is 5.44. The van der Waals surface area contributed by atoms with Crippen LogP contribution in [0.15, 0.2) is 48.6 Å². The van der Waals surface area contributed by atoms with Crippen molar-refractivity contribution in [1.82, 2.24) is 19.9 Å². The Labute approximate surface area is 198 Å². The van der Waals surface area contributed by atoms with Gasteiger partial charge in [-0.05, 0) is 63.3 Å². The molecular weight excluding hydrogens is 428 g/mol. The number of allylic oxidation sites excluding steroid dienone is 1. The van der Waals surface area contributed by atoms with Gasteiger partial charge in [0.2, 0.25) is 0 Å². The molecule has 1 saturated heterocycles. The first-order chi connectivity index (χ1) is 16.3. The van der Waals surface area contributed by atoms with Crippen LogP contribution in [-0.2, 0) is 0 Å². The summed E-state index contributed by atoms with van der Waals surface area (Å²) in [6, 6.07) is 8.19. The summed E-state index contributed by atoms with van der Waals surface area (Å²) >= 11 is 0. The van der Waals surface area contributed by atoms with Crippen molar-refractivity contribution in [3.8, 4) is 22.9 Å². The van der Waals surface area contributed by atoms with E-state index in [2.05, 4.69) is 27.5 Å². The zero-order valence-corrected chi connectivity index (χ0v) is 19.5. The normalized spacial score (nSPS) is 21.8. The summed E-state index contributed by atoms with van der Waals surface area (Å²) in [7, 11) is 0. The van der Waals surface area contributed by atoms with Gasteiger partial charge in [0, 0.05) is 36.1 Å². The highest BCUT2D eigenvalue weighted by Gasteiger charge is 2.46. The molecular formula is C26H28N6O2. The topological polar surface area (TPSA) is 98.7 Å². The minimum Gasteiger partial charge on any atom is -0.489 e. The van der Waals surface area contributed by atoms with Crippen molar-refractivity contribution >= 4 is 11.3 Å². The highest BCUT2D eigenvalue weighted by molar-refractivity contribution is 5.85. The van der Waals surface area contributed by atoms with E-state index in [4.69, 9.17) is 9.72 Å². The van der Waals surface area contributed by atoms with Crippen LogP contribution in [0, 0.1) is 17.2 Å². The van der Waals surface area contributed by atoms with Crippen LogP contribution in [0.2, 0.25) is 0 Å². The zero-order chi connectivity index (χ0) is 23.5. The number of nitriles is 1. The molecule has 2 fully saturated rings. The molecule has 0 bridgehead atoms. The molecule has 34 heavy (non-hydrogen) atoms. The number of nitrogens with zero attached hydrogens (tertiary/aromatic N) is 5. The molecule has 1 atom stereocenters. The lowest BCUT2D eigenvalue weighted by atomic mass is 9.88. The van der Waals surface area contributed by atoms with E-state index >= 15 is 0 Å². The Kier molecular flexibility index (Phi) is 4.61. The molecule has 2 aliphatic heterocycles. The fourth-order valence-corrected chi connectivity index (χ4v) is 4.91. The number of hydrogen-bond acceptors (Lipinski definition) is 7. The summed E-state index contributed by atoms with van der Waals surface area (Å²) in [5.41, 5.74) is 3.48. The van der Waals surface area contributed by atoms with Gasteiger partial charge in [-0.3, -0.25) is 0 Å². The van der Waals surface area contributed by atoms with Gasteiger partial charge in [-0.15, -0.1) is 0 Å². The molecule has 3 aromatic heterocycles. The number of rotatable bonds is 6. The standard InChI is InChI=1S/C26H28N6O2/c1-25(2,33)16-34-20-9-21(24-19(11-27)13-29-32(24)14-20)18-5-6-23(28-12-18)31-8-7-26(15-31)10-22(30-26)17-3-4-17/h5-6,9-10,12-14,17,30,33H,3-4,7-8,15-16H2,1-2H3/t26-/m1/s1. The summed E-state index contributed by atoms with van der Waals surface area (Å²) in [6.07, 6.45) is 11.3. The highest BCUT2D eigenvalue weighted by Crippen LogP contribution is 2.44. The fraction of sp³-hybridized carbons (Fsp3) is 0.423. The van der Waals surface area contributed by atoms with Crippen molar-refractivity contribution in [2.75, 3.05) is 24.6 Å². The average molecular weight is 457 g/mol. The van der Waals surface area contributed by atoms with Gasteiger partial charge in [0.05, 0.1) is 34.6 Å². The van der Waals surface area contributed by atoms with Crippen LogP contribution in [0.25, 0.3) is 16.6 Å². The minimum absolute atomic E-state index is 0.107. The Hall–Kier alpha value is -3.57. The van der Waals surface area contributed by atoms with Crippen LogP contribution in [0.1, 0.15) is 38.7 Å². The van der Waals surface area contributed by atoms with E-state index < -0.39 is 5.60 Å². The molecule has 1 saturated carbocycles. The predicted molar refractivity (Wildman–Crippen MR) is 128 cm³/mol. The molecule has 5 heterocycles. The van der Waals surface area contributed by atoms with Crippen LogP contribution >= 0.6 is 0 Å². The number of pyridine rings is 2. The van der Waals surface area contributed by atoms with Gasteiger partial charge in [-0.2, -0.15) is 10.4 Å². The van der Waals surface area contributed by atoms with Crippen LogP contribution in [0.3, 0.4) is 0 Å². The molecule has 6 rings (SSSR count). The predicted octanol–water partition coefficient (Wildman–Crippen LogP) is 3.26. The Bertz CT molecular complexity index is 1330. The van der Waals surface area contributed by atoms with E-state index in [0.29, 0.717) is 16.8 Å². The summed E-state index contributed by atoms with van der Waals surface area (Å²) < 4.78 is 7.48. The number of aliphatic hydroxyl groups is 1. The maximum Gasteiger partial charge on any atom is 0.138 e. The molecule has 2 N–H and O–H groups in total. The van der Waals surface area contributed by atoms with Gasteiger partial charge < -0.3 is 20.1 Å². The molecule has 3 aromatic rings. The van der Waals surface area contributed by atoms with E-state index in [-0.39, 0.29) is 12.1 Å². The molecule has 0 aromatic carbocycles. The smallest absolute Gasteiger partial charge is 0.138 e. The molecule has 8 heteroatoms. The molecule has 1 spiro atoms. The third-order valence-corrected chi connectivity index (χ3v) is 6.83. The molecule has 3 aliphatic rings. The molecule has 174 valence electrons. The molecule has 0 radical (unpaired) electrons. The Morgan fingerprint density at radius 2 is 2.15 bits per heavy atom. The minimum atomic E-state index is -0.961. The van der Waals surface area contributed by atoms with Gasteiger partial charge in [0.25, 0.3) is 0 Å². The lowest BCUT2D eigenvalue weighted by Gasteiger charge is -2.39. The van der Waals surface area contributed by atoms with Crippen molar-refractivity contribution in [1.29, 1.82) is 5.26 Å². The number of hydrogen-bond donors (Lipinski definition) is 2. The van der Waals surface area contributed by atoms with Crippen LogP contribution in [0.5, 0.6) is 5.75 Å². The third kappa shape index (κ3) is 3.76. The van der Waals surface area contributed by atoms with E-state index in [9.17, 15) is 10.4 Å². The summed E-state index contributed by atoms with van der Waals surface area (Å²) in [4.78, 5) is 7.10. The maximum atomic E-state index is 10.0. The Morgan fingerprint density at radius 1 is 1.32 bits per heavy atom. The second-order valence-corrected chi connectivity index (χ2v) is 10.4. The summed E-state index contributed by atoms with van der Waals surface area (Å²) in [5.74, 6) is 2.30. The molecule has 0 unspecified atom stereocenters. The number of anilines is 1. The van der Waals surface area contributed by atoms with E-state index in [1.54, 1.807) is 30.8 Å². The average Bonchev–Trinajstić information content (AvgIpc) is 3.39. The van der Waals surface area contributed by atoms with Gasteiger partial charge in [0.15, 0.2) is 0 Å². The van der Waals surface area contributed by atoms with Crippen molar-refractivity contribution in [2.24, 2.45) is 5.92 Å². The largest absolute Gasteiger partial charge is 0.489 e. The number of ether oxygens (including phenoxy) is 1. The van der Waals surface area contributed by atoms with E-state index in [1.165, 1.54) is 18.5 Å². The number of fused-ring (bicyclic) bond motifs is 1. The second-order valence-electron chi connectivity index (χ2n) is 10.4. The van der Waals surface area contributed by atoms with Crippen molar-refractivity contribution in [2.45, 2.75) is 44.2 Å². The lowest BCUT2D eigenvalue weighted by molar-refractivity contribution is 0.0283. The first kappa shape index (κ1) is 21.0. The Morgan fingerprint density at radius 3 is 2.82 bits per heavy atom. The van der Waals surface area contributed by atoms with Gasteiger partial charge in [-0.1, -0.05) is 0 Å². The van der Waals surface area contributed by atoms with Crippen LogP contribution in [-0.4, -0.2) is 50.5 Å². The third-order valence-electron chi connectivity index (χ3n) is 6.83. The van der Waals surface area contributed by atoms with Gasteiger partial charge >= 0.3 is 0 Å². The number of aromatic nitrogens is 3. The van der Waals surface area contributed by atoms with Crippen molar-refractivity contribution in [3.05, 3.63) is 54.1 Å². The molecule has 8 nitrogen and oxygen atoms in total. The second kappa shape index (κ2) is 7.47. The van der Waals surface area contributed by atoms with E-state index in [0.717, 1.165) is 42.4 Å². The van der Waals surface area contributed by atoms with Gasteiger partial charge in [0.1, 0.15) is 24.2 Å². The maximum absolute atomic E-state index is 10.0. The Balaban J connectivity index is 1.27. The molecule has 1 aliphatic carbocycles. The quantitative estimate of drug-likeness (QED) is 0.587. The first-order valence-electron chi connectivity index (χ1n) is 11.8. The van der Waals surface area contributed by atoms with Crippen LogP contribution in [0.4, 0.5) is 5.82 Å².